The van der Waals surface area contributed by atoms with Crippen molar-refractivity contribution in [1.29, 1.82) is 0 Å². The van der Waals surface area contributed by atoms with Crippen molar-refractivity contribution in [3.8, 4) is 5.75 Å². The lowest BCUT2D eigenvalue weighted by Crippen LogP contribution is -2.10. The van der Waals surface area contributed by atoms with E-state index in [1.807, 2.05) is 18.2 Å². The van der Waals surface area contributed by atoms with Crippen molar-refractivity contribution in [2.75, 3.05) is 13.0 Å². The van der Waals surface area contributed by atoms with Crippen LogP contribution in [0.5, 0.6) is 5.75 Å². The first-order chi connectivity index (χ1) is 10.1. The molecule has 1 nitrogen and oxygen atoms in total. The van der Waals surface area contributed by atoms with Gasteiger partial charge in [-0.15, -0.1) is 11.6 Å². The van der Waals surface area contributed by atoms with E-state index in [0.717, 1.165) is 24.2 Å². The Morgan fingerprint density at radius 2 is 1.81 bits per heavy atom. The second-order valence-corrected chi connectivity index (χ2v) is 5.74. The Kier molecular flexibility index (Phi) is 5.89. The molecule has 2 aromatic rings. The van der Waals surface area contributed by atoms with Crippen LogP contribution in [-0.4, -0.2) is 13.0 Å². The van der Waals surface area contributed by atoms with Gasteiger partial charge in [0.2, 0.25) is 0 Å². The smallest absolute Gasteiger partial charge is 0.141 e. The molecule has 0 heterocycles. The number of benzene rings is 2. The highest BCUT2D eigenvalue weighted by atomic mass is 35.5. The van der Waals surface area contributed by atoms with Crippen molar-refractivity contribution in [1.82, 2.24) is 0 Å². The number of ether oxygens (including phenoxy) is 1. The van der Waals surface area contributed by atoms with Crippen LogP contribution in [0.4, 0.5) is 4.39 Å². The molecule has 21 heavy (non-hydrogen) atoms. The highest BCUT2D eigenvalue weighted by molar-refractivity contribution is 6.30. The van der Waals surface area contributed by atoms with E-state index >= 15 is 0 Å². The molecule has 0 radical (unpaired) electrons. The summed E-state index contributed by atoms with van der Waals surface area (Å²) in [4.78, 5) is 0. The third-order valence-corrected chi connectivity index (χ3v) is 4.11. The minimum absolute atomic E-state index is 0.155. The highest BCUT2D eigenvalue weighted by Crippen LogP contribution is 2.22. The van der Waals surface area contributed by atoms with E-state index in [1.165, 1.54) is 11.6 Å². The van der Waals surface area contributed by atoms with Gasteiger partial charge >= 0.3 is 0 Å². The summed E-state index contributed by atoms with van der Waals surface area (Å²) in [5, 5.41) is 0.155. The maximum Gasteiger partial charge on any atom is 0.141 e. The largest absolute Gasteiger partial charge is 0.497 e. The zero-order valence-corrected chi connectivity index (χ0v) is 13.3. The van der Waals surface area contributed by atoms with Gasteiger partial charge in [0.15, 0.2) is 0 Å². The third-order valence-electron chi connectivity index (χ3n) is 3.39. The van der Waals surface area contributed by atoms with Crippen LogP contribution in [-0.2, 0) is 12.8 Å². The molecule has 0 spiro atoms. The Morgan fingerprint density at radius 1 is 1.10 bits per heavy atom. The van der Waals surface area contributed by atoms with E-state index in [2.05, 4.69) is 6.07 Å². The van der Waals surface area contributed by atoms with Gasteiger partial charge in [0.25, 0.3) is 0 Å². The maximum absolute atomic E-state index is 13.2. The summed E-state index contributed by atoms with van der Waals surface area (Å²) >= 11 is 11.9. The molecule has 0 aromatic heterocycles. The summed E-state index contributed by atoms with van der Waals surface area (Å²) in [5.41, 5.74) is 2.17. The highest BCUT2D eigenvalue weighted by Gasteiger charge is 2.11. The van der Waals surface area contributed by atoms with Crippen LogP contribution >= 0.6 is 23.2 Å². The zero-order valence-electron chi connectivity index (χ0n) is 11.8. The van der Waals surface area contributed by atoms with Crippen molar-refractivity contribution in [3.63, 3.8) is 0 Å². The second kappa shape index (κ2) is 7.67. The molecule has 2 rings (SSSR count). The molecular formula is C17H17Cl2FO. The number of alkyl halides is 1. The first-order valence-corrected chi connectivity index (χ1v) is 7.66. The summed E-state index contributed by atoms with van der Waals surface area (Å²) in [5.74, 6) is 1.24. The van der Waals surface area contributed by atoms with E-state index in [0.29, 0.717) is 5.88 Å². The van der Waals surface area contributed by atoms with Crippen molar-refractivity contribution in [3.05, 3.63) is 64.4 Å². The van der Waals surface area contributed by atoms with E-state index < -0.39 is 5.82 Å². The summed E-state index contributed by atoms with van der Waals surface area (Å²) in [6.07, 6.45) is 1.61. The SMILES string of the molecule is COc1cccc(CC(CCl)Cc2ccc(F)c(Cl)c2)c1. The topological polar surface area (TPSA) is 9.23 Å². The molecule has 0 amide bonds. The van der Waals surface area contributed by atoms with Crippen LogP contribution in [0.1, 0.15) is 11.1 Å². The lowest BCUT2D eigenvalue weighted by Gasteiger charge is -2.15. The first kappa shape index (κ1) is 16.1. The Balaban J connectivity index is 2.07. The van der Waals surface area contributed by atoms with Gasteiger partial charge in [-0.3, -0.25) is 0 Å². The van der Waals surface area contributed by atoms with Gasteiger partial charge in [-0.2, -0.15) is 0 Å². The summed E-state index contributed by atoms with van der Waals surface area (Å²) in [7, 11) is 1.65. The molecular weight excluding hydrogens is 310 g/mol. The fourth-order valence-electron chi connectivity index (χ4n) is 2.31. The predicted molar refractivity (Wildman–Crippen MR) is 86.0 cm³/mol. The number of hydrogen-bond donors (Lipinski definition) is 0. The standard InChI is InChI=1S/C17H17Cl2FO/c1-21-15-4-2-3-12(9-15)7-14(11-18)8-13-5-6-17(20)16(19)10-13/h2-6,9-10,14H,7-8,11H2,1H3. The quantitative estimate of drug-likeness (QED) is 0.669. The normalized spacial score (nSPS) is 12.2. The zero-order chi connectivity index (χ0) is 15.2. The van der Waals surface area contributed by atoms with Gasteiger partial charge < -0.3 is 4.74 Å². The van der Waals surface area contributed by atoms with Crippen LogP contribution in [0.15, 0.2) is 42.5 Å². The second-order valence-electron chi connectivity index (χ2n) is 5.03. The lowest BCUT2D eigenvalue weighted by molar-refractivity contribution is 0.414. The fourth-order valence-corrected chi connectivity index (χ4v) is 2.74. The van der Waals surface area contributed by atoms with E-state index in [9.17, 15) is 4.39 Å². The first-order valence-electron chi connectivity index (χ1n) is 6.75. The van der Waals surface area contributed by atoms with E-state index in [4.69, 9.17) is 27.9 Å². The average Bonchev–Trinajstić information content (AvgIpc) is 2.50. The minimum Gasteiger partial charge on any atom is -0.497 e. The van der Waals surface area contributed by atoms with Crippen LogP contribution in [0.25, 0.3) is 0 Å². The van der Waals surface area contributed by atoms with Gasteiger partial charge in [0, 0.05) is 5.88 Å². The van der Waals surface area contributed by atoms with Gasteiger partial charge in [-0.1, -0.05) is 29.8 Å². The Hall–Kier alpha value is -1.25. The third kappa shape index (κ3) is 4.62. The summed E-state index contributed by atoms with van der Waals surface area (Å²) in [6, 6.07) is 12.8. The van der Waals surface area contributed by atoms with E-state index in [-0.39, 0.29) is 10.9 Å². The van der Waals surface area contributed by atoms with Crippen LogP contribution in [0, 0.1) is 11.7 Å². The van der Waals surface area contributed by atoms with Crippen molar-refractivity contribution >= 4 is 23.2 Å². The molecule has 0 bridgehead atoms. The monoisotopic (exact) mass is 326 g/mol. The van der Waals surface area contributed by atoms with Gasteiger partial charge in [0.1, 0.15) is 11.6 Å². The van der Waals surface area contributed by atoms with Crippen LogP contribution < -0.4 is 4.74 Å². The number of rotatable bonds is 6. The molecule has 112 valence electrons. The van der Waals surface area contributed by atoms with Gasteiger partial charge in [0.05, 0.1) is 12.1 Å². The molecule has 0 aliphatic carbocycles. The molecule has 0 saturated heterocycles. The number of halogens is 3. The molecule has 0 aliphatic rings. The molecule has 0 saturated carbocycles. The van der Waals surface area contributed by atoms with Crippen LogP contribution in [0.2, 0.25) is 5.02 Å². The van der Waals surface area contributed by atoms with E-state index in [1.54, 1.807) is 19.2 Å². The molecule has 4 heteroatoms. The van der Waals surface area contributed by atoms with Crippen LogP contribution in [0.3, 0.4) is 0 Å². The van der Waals surface area contributed by atoms with Gasteiger partial charge in [-0.25, -0.2) is 4.39 Å². The van der Waals surface area contributed by atoms with Crippen molar-refractivity contribution in [2.24, 2.45) is 5.92 Å². The Labute approximate surface area is 134 Å². The number of hydrogen-bond acceptors (Lipinski definition) is 1. The van der Waals surface area contributed by atoms with Crippen molar-refractivity contribution < 1.29 is 9.13 Å². The molecule has 2 aromatic carbocycles. The molecule has 0 fully saturated rings. The average molecular weight is 327 g/mol. The van der Waals surface area contributed by atoms with Gasteiger partial charge in [-0.05, 0) is 54.2 Å². The molecule has 0 N–H and O–H groups in total. The molecule has 1 atom stereocenters. The minimum atomic E-state index is -0.393. The maximum atomic E-state index is 13.2. The Morgan fingerprint density at radius 3 is 2.43 bits per heavy atom. The molecule has 1 unspecified atom stereocenters. The summed E-state index contributed by atoms with van der Waals surface area (Å²) < 4.78 is 18.4. The lowest BCUT2D eigenvalue weighted by atomic mass is 9.94. The summed E-state index contributed by atoms with van der Waals surface area (Å²) in [6.45, 7) is 0. The Bertz CT molecular complexity index is 601. The fraction of sp³-hybridized carbons (Fsp3) is 0.294. The van der Waals surface area contributed by atoms with Crippen molar-refractivity contribution in [2.45, 2.75) is 12.8 Å². The number of methoxy groups -OCH3 is 1. The molecule has 0 aliphatic heterocycles. The predicted octanol–water partition coefficient (Wildman–Crippen LogP) is 5.13.